The molecular weight excluding hydrogens is 506 g/mol. The third-order valence-electron chi connectivity index (χ3n) is 5.90. The fourth-order valence-electron chi connectivity index (χ4n) is 3.54. The lowest BCUT2D eigenvalue weighted by Crippen LogP contribution is -2.52. The van der Waals surface area contributed by atoms with E-state index in [-0.39, 0.29) is 39.4 Å². The molecule has 0 aromatic heterocycles. The van der Waals surface area contributed by atoms with Gasteiger partial charge in [-0.05, 0) is 24.0 Å². The van der Waals surface area contributed by atoms with Gasteiger partial charge < -0.3 is 36.5 Å². The average molecular weight is 540 g/mol. The molecule has 0 bridgehead atoms. The van der Waals surface area contributed by atoms with Crippen LogP contribution in [0, 0.1) is 0 Å². The molecule has 2 aromatic carbocycles. The smallest absolute Gasteiger partial charge is 0.338 e. The minimum Gasteiger partial charge on any atom is -0.459 e. The number of hydrogen-bond donors (Lipinski definition) is 5. The van der Waals surface area contributed by atoms with Crippen LogP contribution in [-0.4, -0.2) is 67.6 Å². The Labute approximate surface area is 226 Å². The molecule has 0 spiro atoms. The van der Waals surface area contributed by atoms with Crippen LogP contribution in [0.2, 0.25) is 0 Å². The van der Waals surface area contributed by atoms with E-state index in [1.807, 2.05) is 36.4 Å². The lowest BCUT2D eigenvalue weighted by atomic mass is 10.1. The maximum Gasteiger partial charge on any atom is 0.338 e. The molecule has 4 amide bonds. The van der Waals surface area contributed by atoms with Crippen LogP contribution in [0.1, 0.15) is 24.0 Å². The fraction of sp³-hybridized carbons (Fsp3) is 0.370. The Hall–Kier alpha value is -4.29. The van der Waals surface area contributed by atoms with E-state index in [9.17, 15) is 24.0 Å². The number of benzene rings is 2. The molecule has 0 heterocycles. The number of rotatable bonds is 15. The molecule has 1 atom stereocenters. The molecule has 12 nitrogen and oxygen atoms in total. The van der Waals surface area contributed by atoms with E-state index >= 15 is 0 Å². The van der Waals surface area contributed by atoms with Gasteiger partial charge >= 0.3 is 5.97 Å². The molecule has 1 unspecified atom stereocenters. The minimum atomic E-state index is -1.07. The van der Waals surface area contributed by atoms with E-state index in [1.54, 1.807) is 24.3 Å². The second-order valence-electron chi connectivity index (χ2n) is 8.95. The van der Waals surface area contributed by atoms with Gasteiger partial charge in [0.05, 0.1) is 19.6 Å². The topological polar surface area (TPSA) is 178 Å². The number of hydrogen-bond acceptors (Lipinski definition) is 8. The first-order valence-electron chi connectivity index (χ1n) is 12.5. The Morgan fingerprint density at radius 2 is 1.41 bits per heavy atom. The summed E-state index contributed by atoms with van der Waals surface area (Å²) in [7, 11) is 0. The zero-order valence-electron chi connectivity index (χ0n) is 21.4. The van der Waals surface area contributed by atoms with Gasteiger partial charge in [0.25, 0.3) is 0 Å². The van der Waals surface area contributed by atoms with Crippen LogP contribution in [0.4, 0.5) is 0 Å². The molecule has 0 radical (unpaired) electrons. The quantitative estimate of drug-likeness (QED) is 0.145. The van der Waals surface area contributed by atoms with Crippen LogP contribution < -0.4 is 27.0 Å². The SMILES string of the molecule is NCC(=O)NCC(=O)NC(Cc1ccccc1)C(=O)NCC(=O)NCOC1(C(=O)OCc2ccccc2)CC1. The van der Waals surface area contributed by atoms with Crippen molar-refractivity contribution < 1.29 is 33.4 Å². The molecule has 1 fully saturated rings. The first-order valence-corrected chi connectivity index (χ1v) is 12.5. The highest BCUT2D eigenvalue weighted by Crippen LogP contribution is 2.40. The predicted octanol–water partition coefficient (Wildman–Crippen LogP) is -0.729. The summed E-state index contributed by atoms with van der Waals surface area (Å²) >= 11 is 0. The number of carbonyl (C=O) groups excluding carboxylic acids is 5. The minimum absolute atomic E-state index is 0.128. The fourth-order valence-corrected chi connectivity index (χ4v) is 3.54. The van der Waals surface area contributed by atoms with Crippen molar-refractivity contribution in [3.8, 4) is 0 Å². The van der Waals surface area contributed by atoms with Crippen LogP contribution >= 0.6 is 0 Å². The van der Waals surface area contributed by atoms with E-state index in [4.69, 9.17) is 15.2 Å². The van der Waals surface area contributed by atoms with E-state index in [0.29, 0.717) is 12.8 Å². The largest absolute Gasteiger partial charge is 0.459 e. The molecular formula is C27H33N5O7. The predicted molar refractivity (Wildman–Crippen MR) is 139 cm³/mol. The summed E-state index contributed by atoms with van der Waals surface area (Å²) in [6, 6.07) is 17.3. The molecule has 2 aromatic rings. The second kappa shape index (κ2) is 14.6. The molecule has 6 N–H and O–H groups in total. The highest BCUT2D eigenvalue weighted by molar-refractivity contribution is 5.92. The Balaban J connectivity index is 1.42. The summed E-state index contributed by atoms with van der Waals surface area (Å²) in [5.74, 6) is -2.71. The average Bonchev–Trinajstić information content (AvgIpc) is 3.75. The van der Waals surface area contributed by atoms with Crippen LogP contribution in [-0.2, 0) is 46.5 Å². The van der Waals surface area contributed by atoms with Crippen LogP contribution in [0.15, 0.2) is 60.7 Å². The monoisotopic (exact) mass is 539 g/mol. The molecule has 3 rings (SSSR count). The van der Waals surface area contributed by atoms with Gasteiger partial charge in [0.1, 0.15) is 19.4 Å². The molecule has 0 aliphatic heterocycles. The summed E-state index contributed by atoms with van der Waals surface area (Å²) in [5, 5.41) is 9.89. The molecule has 12 heteroatoms. The van der Waals surface area contributed by atoms with Crippen molar-refractivity contribution >= 4 is 29.6 Å². The Morgan fingerprint density at radius 1 is 0.795 bits per heavy atom. The van der Waals surface area contributed by atoms with Crippen molar-refractivity contribution in [2.24, 2.45) is 5.73 Å². The van der Waals surface area contributed by atoms with Crippen molar-refractivity contribution in [2.75, 3.05) is 26.4 Å². The molecule has 39 heavy (non-hydrogen) atoms. The number of carbonyl (C=O) groups is 5. The lowest BCUT2D eigenvalue weighted by molar-refractivity contribution is -0.163. The maximum atomic E-state index is 12.8. The van der Waals surface area contributed by atoms with E-state index in [2.05, 4.69) is 21.3 Å². The van der Waals surface area contributed by atoms with Gasteiger partial charge in [-0.3, -0.25) is 19.2 Å². The van der Waals surface area contributed by atoms with Gasteiger partial charge in [-0.2, -0.15) is 0 Å². The first kappa shape index (κ1) is 29.3. The van der Waals surface area contributed by atoms with Gasteiger partial charge in [-0.15, -0.1) is 0 Å². The molecule has 1 aliphatic carbocycles. The van der Waals surface area contributed by atoms with Crippen molar-refractivity contribution in [1.82, 2.24) is 21.3 Å². The summed E-state index contributed by atoms with van der Waals surface area (Å²) in [4.78, 5) is 61.1. The molecule has 208 valence electrons. The van der Waals surface area contributed by atoms with Gasteiger partial charge in [-0.25, -0.2) is 4.79 Å². The van der Waals surface area contributed by atoms with Gasteiger partial charge in [-0.1, -0.05) is 60.7 Å². The van der Waals surface area contributed by atoms with Crippen LogP contribution in [0.25, 0.3) is 0 Å². The summed E-state index contributed by atoms with van der Waals surface area (Å²) in [5.41, 5.74) is 5.78. The molecule has 1 aliphatic rings. The number of nitrogens with two attached hydrogens (primary N) is 1. The van der Waals surface area contributed by atoms with E-state index in [0.717, 1.165) is 11.1 Å². The summed E-state index contributed by atoms with van der Waals surface area (Å²) < 4.78 is 10.9. The third-order valence-corrected chi connectivity index (χ3v) is 5.90. The van der Waals surface area contributed by atoms with Crippen molar-refractivity contribution in [3.63, 3.8) is 0 Å². The number of amides is 4. The van der Waals surface area contributed by atoms with Gasteiger partial charge in [0.2, 0.25) is 23.6 Å². The van der Waals surface area contributed by atoms with Crippen LogP contribution in [0.3, 0.4) is 0 Å². The zero-order chi connectivity index (χ0) is 28.1. The van der Waals surface area contributed by atoms with Crippen LogP contribution in [0.5, 0.6) is 0 Å². The zero-order valence-corrected chi connectivity index (χ0v) is 21.4. The van der Waals surface area contributed by atoms with E-state index in [1.165, 1.54) is 0 Å². The van der Waals surface area contributed by atoms with Crippen molar-refractivity contribution in [2.45, 2.75) is 37.5 Å². The highest BCUT2D eigenvalue weighted by Gasteiger charge is 2.53. The number of nitrogens with one attached hydrogen (secondary N) is 4. The van der Waals surface area contributed by atoms with Crippen molar-refractivity contribution in [1.29, 1.82) is 0 Å². The lowest BCUT2D eigenvalue weighted by Gasteiger charge is -2.19. The highest BCUT2D eigenvalue weighted by atomic mass is 16.6. The Morgan fingerprint density at radius 3 is 2.03 bits per heavy atom. The molecule has 1 saturated carbocycles. The van der Waals surface area contributed by atoms with Gasteiger partial charge in [0, 0.05) is 6.42 Å². The standard InChI is InChI=1S/C27H33N5O7/c28-14-22(33)29-16-24(35)32-21(13-19-7-3-1-4-8-19)25(36)30-15-23(34)31-18-39-27(11-12-27)26(37)38-17-20-9-5-2-6-10-20/h1-10,21H,11-18,28H2,(H,29,33)(H,30,36)(H,31,34)(H,32,35). The second-order valence-corrected chi connectivity index (χ2v) is 8.95. The Bertz CT molecular complexity index is 1140. The van der Waals surface area contributed by atoms with E-state index < -0.39 is 41.2 Å². The molecule has 0 saturated heterocycles. The number of ether oxygens (including phenoxy) is 2. The summed E-state index contributed by atoms with van der Waals surface area (Å²) in [6.45, 7) is -1.10. The maximum absolute atomic E-state index is 12.8. The van der Waals surface area contributed by atoms with Crippen molar-refractivity contribution in [3.05, 3.63) is 71.8 Å². The third kappa shape index (κ3) is 9.83. The summed E-state index contributed by atoms with van der Waals surface area (Å²) in [6.07, 6.45) is 1.14. The normalized spacial score (nSPS) is 13.9. The Kier molecular flexibility index (Phi) is 11.0. The number of esters is 1. The first-order chi connectivity index (χ1) is 18.8. The van der Waals surface area contributed by atoms with Gasteiger partial charge in [0.15, 0.2) is 5.60 Å².